The van der Waals surface area contributed by atoms with E-state index in [1.165, 1.54) is 11.1 Å². The lowest BCUT2D eigenvalue weighted by molar-refractivity contribution is 0.157. The van der Waals surface area contributed by atoms with Gasteiger partial charge >= 0.3 is 0 Å². The Bertz CT molecular complexity index is 504. The van der Waals surface area contributed by atoms with Gasteiger partial charge in [-0.3, -0.25) is 4.98 Å². The molecule has 2 aromatic heterocycles. The van der Waals surface area contributed by atoms with Gasteiger partial charge in [0.25, 0.3) is 0 Å². The fraction of sp³-hybridized carbons (Fsp3) is 0.357. The minimum atomic E-state index is -0.266. The molecule has 3 rings (SSSR count). The van der Waals surface area contributed by atoms with Gasteiger partial charge in [-0.2, -0.15) is 0 Å². The van der Waals surface area contributed by atoms with Gasteiger partial charge in [0.2, 0.25) is 0 Å². The SMILES string of the molecule is OC1CCCc2cn(Cc3ccncc3)cc21. The van der Waals surface area contributed by atoms with Gasteiger partial charge in [0.05, 0.1) is 6.10 Å². The number of nitrogens with zero attached hydrogens (tertiary/aromatic N) is 2. The van der Waals surface area contributed by atoms with Crippen molar-refractivity contribution in [3.8, 4) is 0 Å². The van der Waals surface area contributed by atoms with Crippen LogP contribution in [0.5, 0.6) is 0 Å². The van der Waals surface area contributed by atoms with Gasteiger partial charge < -0.3 is 9.67 Å². The summed E-state index contributed by atoms with van der Waals surface area (Å²) in [5, 5.41) is 9.92. The Hall–Kier alpha value is -1.61. The van der Waals surface area contributed by atoms with Crippen molar-refractivity contribution in [1.82, 2.24) is 9.55 Å². The molecule has 1 aliphatic carbocycles. The molecule has 0 aliphatic heterocycles. The van der Waals surface area contributed by atoms with E-state index in [1.807, 2.05) is 24.5 Å². The van der Waals surface area contributed by atoms with Crippen LogP contribution in [-0.2, 0) is 13.0 Å². The Kier molecular flexibility index (Phi) is 2.69. The molecule has 0 bridgehead atoms. The zero-order chi connectivity index (χ0) is 11.7. The van der Waals surface area contributed by atoms with E-state index < -0.39 is 0 Å². The molecule has 3 nitrogen and oxygen atoms in total. The molecule has 0 saturated heterocycles. The van der Waals surface area contributed by atoms with Crippen molar-refractivity contribution in [2.24, 2.45) is 0 Å². The summed E-state index contributed by atoms with van der Waals surface area (Å²) in [6.07, 6.45) is 10.7. The maximum absolute atomic E-state index is 9.92. The number of hydrogen-bond acceptors (Lipinski definition) is 2. The third-order valence-electron chi connectivity index (χ3n) is 3.39. The lowest BCUT2D eigenvalue weighted by Gasteiger charge is -2.16. The maximum Gasteiger partial charge on any atom is 0.0807 e. The fourth-order valence-electron chi connectivity index (χ4n) is 2.51. The highest BCUT2D eigenvalue weighted by Crippen LogP contribution is 2.30. The number of aliphatic hydroxyl groups is 1. The Morgan fingerprint density at radius 3 is 2.88 bits per heavy atom. The Labute approximate surface area is 101 Å². The van der Waals surface area contributed by atoms with Crippen molar-refractivity contribution < 1.29 is 5.11 Å². The first-order valence-electron chi connectivity index (χ1n) is 6.08. The lowest BCUT2D eigenvalue weighted by Crippen LogP contribution is -2.05. The number of rotatable bonds is 2. The zero-order valence-corrected chi connectivity index (χ0v) is 9.71. The van der Waals surface area contributed by atoms with E-state index in [9.17, 15) is 5.11 Å². The van der Waals surface area contributed by atoms with E-state index in [1.54, 1.807) is 0 Å². The second-order valence-corrected chi connectivity index (χ2v) is 4.67. The minimum Gasteiger partial charge on any atom is -0.388 e. The quantitative estimate of drug-likeness (QED) is 0.856. The summed E-state index contributed by atoms with van der Waals surface area (Å²) in [6, 6.07) is 4.05. The molecule has 0 saturated carbocycles. The molecule has 1 aliphatic rings. The van der Waals surface area contributed by atoms with Gasteiger partial charge in [0.15, 0.2) is 0 Å². The largest absolute Gasteiger partial charge is 0.388 e. The van der Waals surface area contributed by atoms with Crippen molar-refractivity contribution in [3.05, 3.63) is 53.6 Å². The minimum absolute atomic E-state index is 0.266. The van der Waals surface area contributed by atoms with Crippen LogP contribution in [0, 0.1) is 0 Å². The summed E-state index contributed by atoms with van der Waals surface area (Å²) in [7, 11) is 0. The van der Waals surface area contributed by atoms with E-state index >= 15 is 0 Å². The molecule has 17 heavy (non-hydrogen) atoms. The fourth-order valence-corrected chi connectivity index (χ4v) is 2.51. The van der Waals surface area contributed by atoms with Crippen LogP contribution in [0.1, 0.15) is 35.6 Å². The number of aryl methyl sites for hydroxylation is 1. The number of fused-ring (bicyclic) bond motifs is 1. The van der Waals surface area contributed by atoms with Gasteiger partial charge in [-0.05, 0) is 42.5 Å². The van der Waals surface area contributed by atoms with Crippen LogP contribution in [0.3, 0.4) is 0 Å². The molecule has 2 aromatic rings. The molecule has 1 N–H and O–H groups in total. The summed E-state index contributed by atoms with van der Waals surface area (Å²) in [5.41, 5.74) is 3.66. The average Bonchev–Trinajstić information content (AvgIpc) is 2.74. The van der Waals surface area contributed by atoms with Crippen LogP contribution < -0.4 is 0 Å². The zero-order valence-electron chi connectivity index (χ0n) is 9.71. The molecule has 3 heteroatoms. The van der Waals surface area contributed by atoms with Gasteiger partial charge in [-0.1, -0.05) is 0 Å². The van der Waals surface area contributed by atoms with Crippen molar-refractivity contribution >= 4 is 0 Å². The first-order valence-corrected chi connectivity index (χ1v) is 6.08. The molecule has 0 aromatic carbocycles. The summed E-state index contributed by atoms with van der Waals surface area (Å²) >= 11 is 0. The summed E-state index contributed by atoms with van der Waals surface area (Å²) in [5.74, 6) is 0. The summed E-state index contributed by atoms with van der Waals surface area (Å²) < 4.78 is 2.16. The third-order valence-corrected chi connectivity index (χ3v) is 3.39. The molecule has 0 radical (unpaired) electrons. The predicted octanol–water partition coefficient (Wildman–Crippen LogP) is 2.30. The van der Waals surface area contributed by atoms with Gasteiger partial charge in [-0.15, -0.1) is 0 Å². The van der Waals surface area contributed by atoms with Gasteiger partial charge in [0, 0.05) is 36.9 Å². The molecular formula is C14H16N2O. The monoisotopic (exact) mass is 228 g/mol. The van der Waals surface area contributed by atoms with Crippen molar-refractivity contribution in [1.29, 1.82) is 0 Å². The molecular weight excluding hydrogens is 212 g/mol. The van der Waals surface area contributed by atoms with E-state index in [4.69, 9.17) is 0 Å². The average molecular weight is 228 g/mol. The molecule has 2 heterocycles. The van der Waals surface area contributed by atoms with E-state index in [-0.39, 0.29) is 6.10 Å². The first-order chi connectivity index (χ1) is 8.33. The van der Waals surface area contributed by atoms with Crippen molar-refractivity contribution in [3.63, 3.8) is 0 Å². The standard InChI is InChI=1S/C14H16N2O/c17-14-3-1-2-12-9-16(10-13(12)14)8-11-4-6-15-7-5-11/h4-7,9-10,14,17H,1-3,8H2. The van der Waals surface area contributed by atoms with Crippen molar-refractivity contribution in [2.75, 3.05) is 0 Å². The third kappa shape index (κ3) is 2.11. The second kappa shape index (κ2) is 4.34. The lowest BCUT2D eigenvalue weighted by atomic mass is 9.93. The number of aliphatic hydroxyl groups excluding tert-OH is 1. The van der Waals surface area contributed by atoms with Crippen LogP contribution >= 0.6 is 0 Å². The number of hydrogen-bond donors (Lipinski definition) is 1. The molecule has 1 unspecified atom stereocenters. The van der Waals surface area contributed by atoms with E-state index in [2.05, 4.69) is 21.9 Å². The smallest absolute Gasteiger partial charge is 0.0807 e. The first kappa shape index (κ1) is 10.5. The highest BCUT2D eigenvalue weighted by Gasteiger charge is 2.19. The van der Waals surface area contributed by atoms with Crippen LogP contribution in [0.25, 0.3) is 0 Å². The maximum atomic E-state index is 9.92. The molecule has 0 spiro atoms. The van der Waals surface area contributed by atoms with Gasteiger partial charge in [-0.25, -0.2) is 0 Å². The number of aromatic nitrogens is 2. The van der Waals surface area contributed by atoms with Crippen LogP contribution in [-0.4, -0.2) is 14.7 Å². The van der Waals surface area contributed by atoms with E-state index in [0.29, 0.717) is 0 Å². The highest BCUT2D eigenvalue weighted by molar-refractivity contribution is 5.29. The second-order valence-electron chi connectivity index (χ2n) is 4.67. The van der Waals surface area contributed by atoms with Gasteiger partial charge in [0.1, 0.15) is 0 Å². The van der Waals surface area contributed by atoms with E-state index in [0.717, 1.165) is 31.4 Å². The molecule has 0 fully saturated rings. The molecule has 1 atom stereocenters. The van der Waals surface area contributed by atoms with Crippen LogP contribution in [0.15, 0.2) is 36.9 Å². The molecule has 88 valence electrons. The topological polar surface area (TPSA) is 38.0 Å². The van der Waals surface area contributed by atoms with Crippen LogP contribution in [0.4, 0.5) is 0 Å². The normalized spacial score (nSPS) is 19.0. The molecule has 0 amide bonds. The summed E-state index contributed by atoms with van der Waals surface area (Å²) in [6.45, 7) is 0.849. The number of pyridine rings is 1. The van der Waals surface area contributed by atoms with Crippen molar-refractivity contribution in [2.45, 2.75) is 31.9 Å². The Morgan fingerprint density at radius 2 is 2.12 bits per heavy atom. The Balaban J connectivity index is 1.85. The predicted molar refractivity (Wildman–Crippen MR) is 65.7 cm³/mol. The van der Waals surface area contributed by atoms with Crippen LogP contribution in [0.2, 0.25) is 0 Å². The Morgan fingerprint density at radius 1 is 1.29 bits per heavy atom. The summed E-state index contributed by atoms with van der Waals surface area (Å²) in [4.78, 5) is 4.01. The highest BCUT2D eigenvalue weighted by atomic mass is 16.3.